The summed E-state index contributed by atoms with van der Waals surface area (Å²) in [4.78, 5) is 67.8. The standard InChI is InChI=1S/C32H50N4O6/c1-8-10-16-22(26(37)28(39)33-17-9-2)34-27(38)25-24-21(32(24,6)7)19-36(25)29(40)23(18-20-14-12-11-13-15-20)35-30(41)42-31(3,4)5/h8-9,20-25H,1-2,10-19H2,3-7H3,(H,33,39)(H,34,38)(H,35,41)/t21?,22?,23?,24?,25-/m0/s1. The molecule has 3 rings (SSSR count). The van der Waals surface area contributed by atoms with Crippen molar-refractivity contribution in [2.45, 2.75) is 110 Å². The van der Waals surface area contributed by atoms with Crippen LogP contribution in [0.2, 0.25) is 0 Å². The number of nitrogens with zero attached hydrogens (tertiary/aromatic N) is 1. The predicted octanol–water partition coefficient (Wildman–Crippen LogP) is 3.66. The highest BCUT2D eigenvalue weighted by molar-refractivity contribution is 6.38. The van der Waals surface area contributed by atoms with Crippen molar-refractivity contribution in [1.29, 1.82) is 0 Å². The molecule has 10 nitrogen and oxygen atoms in total. The minimum atomic E-state index is -1.06. The van der Waals surface area contributed by atoms with Crippen LogP contribution in [0.1, 0.15) is 86.0 Å². The zero-order valence-corrected chi connectivity index (χ0v) is 26.0. The van der Waals surface area contributed by atoms with E-state index in [2.05, 4.69) is 43.0 Å². The summed E-state index contributed by atoms with van der Waals surface area (Å²) in [6, 6.07) is -2.71. The van der Waals surface area contributed by atoms with Crippen LogP contribution in [0.5, 0.6) is 0 Å². The largest absolute Gasteiger partial charge is 0.444 e. The fourth-order valence-corrected chi connectivity index (χ4v) is 6.66. The van der Waals surface area contributed by atoms with Gasteiger partial charge >= 0.3 is 6.09 Å². The van der Waals surface area contributed by atoms with Gasteiger partial charge in [-0.2, -0.15) is 0 Å². The molecule has 0 spiro atoms. The van der Waals surface area contributed by atoms with Gasteiger partial charge in [0, 0.05) is 13.1 Å². The van der Waals surface area contributed by atoms with Gasteiger partial charge in [-0.25, -0.2) is 4.79 Å². The highest BCUT2D eigenvalue weighted by atomic mass is 16.6. The van der Waals surface area contributed by atoms with E-state index in [9.17, 15) is 24.0 Å². The van der Waals surface area contributed by atoms with Gasteiger partial charge in [-0.3, -0.25) is 19.2 Å². The molecule has 3 fully saturated rings. The number of alkyl carbamates (subject to hydrolysis) is 1. The van der Waals surface area contributed by atoms with Gasteiger partial charge < -0.3 is 25.6 Å². The summed E-state index contributed by atoms with van der Waals surface area (Å²) in [5.74, 6) is -2.02. The number of ketones is 1. The van der Waals surface area contributed by atoms with Crippen LogP contribution in [0.4, 0.5) is 4.79 Å². The second-order valence-corrected chi connectivity index (χ2v) is 13.6. The summed E-state index contributed by atoms with van der Waals surface area (Å²) in [5, 5.41) is 8.09. The number of Topliss-reactive ketones (excluding diaryl/α,β-unsaturated/α-hetero) is 1. The number of carbonyl (C=O) groups is 5. The van der Waals surface area contributed by atoms with Crippen molar-refractivity contribution < 1.29 is 28.7 Å². The van der Waals surface area contributed by atoms with E-state index in [1.165, 1.54) is 12.5 Å². The Hall–Kier alpha value is -3.17. The molecule has 10 heteroatoms. The van der Waals surface area contributed by atoms with E-state index in [1.807, 2.05) is 0 Å². The molecular formula is C32H50N4O6. The van der Waals surface area contributed by atoms with Crippen LogP contribution >= 0.6 is 0 Å². The van der Waals surface area contributed by atoms with Gasteiger partial charge in [-0.15, -0.1) is 13.2 Å². The highest BCUT2D eigenvalue weighted by Crippen LogP contribution is 2.65. The number of hydrogen-bond acceptors (Lipinski definition) is 6. The van der Waals surface area contributed by atoms with Crippen LogP contribution in [0.15, 0.2) is 25.3 Å². The third-order valence-corrected chi connectivity index (χ3v) is 8.97. The predicted molar refractivity (Wildman–Crippen MR) is 160 cm³/mol. The van der Waals surface area contributed by atoms with E-state index < -0.39 is 47.4 Å². The molecule has 5 atom stereocenters. The Morgan fingerprint density at radius 2 is 1.67 bits per heavy atom. The molecule has 1 saturated heterocycles. The van der Waals surface area contributed by atoms with Crippen LogP contribution in [0.3, 0.4) is 0 Å². The molecular weight excluding hydrogens is 536 g/mol. The van der Waals surface area contributed by atoms with Crippen LogP contribution < -0.4 is 16.0 Å². The fourth-order valence-electron chi connectivity index (χ4n) is 6.66. The first-order valence-corrected chi connectivity index (χ1v) is 15.4. The van der Waals surface area contributed by atoms with Gasteiger partial charge in [-0.05, 0) is 63.2 Å². The number of hydrogen-bond donors (Lipinski definition) is 3. The third kappa shape index (κ3) is 8.22. The lowest BCUT2D eigenvalue weighted by atomic mass is 9.84. The number of nitrogens with one attached hydrogen (secondary N) is 3. The summed E-state index contributed by atoms with van der Waals surface area (Å²) in [6.07, 6.45) is 8.85. The van der Waals surface area contributed by atoms with Gasteiger partial charge in [-0.1, -0.05) is 58.1 Å². The molecule has 3 aliphatic rings. The summed E-state index contributed by atoms with van der Waals surface area (Å²) in [7, 11) is 0. The molecule has 1 aliphatic heterocycles. The number of fused-ring (bicyclic) bond motifs is 1. The summed E-state index contributed by atoms with van der Waals surface area (Å²) in [6.45, 7) is 17.2. The SMILES string of the molecule is C=CCCC(NC(=O)[C@@H]1C2C(CN1C(=O)C(CC1CCCCC1)NC(=O)OC(C)(C)C)C2(C)C)C(=O)C(=O)NCC=C. The van der Waals surface area contributed by atoms with E-state index in [1.54, 1.807) is 31.7 Å². The Bertz CT molecular complexity index is 1060. The Labute approximate surface area is 250 Å². The van der Waals surface area contributed by atoms with E-state index in [4.69, 9.17) is 4.74 Å². The highest BCUT2D eigenvalue weighted by Gasteiger charge is 2.69. The fraction of sp³-hybridized carbons (Fsp3) is 0.719. The number of ether oxygens (including phenoxy) is 1. The lowest BCUT2D eigenvalue weighted by Crippen LogP contribution is -2.58. The first-order chi connectivity index (χ1) is 19.7. The topological polar surface area (TPSA) is 134 Å². The number of allylic oxidation sites excluding steroid dienone is 1. The number of rotatable bonds is 13. The van der Waals surface area contributed by atoms with E-state index in [0.29, 0.717) is 25.3 Å². The Balaban J connectivity index is 1.83. The van der Waals surface area contributed by atoms with E-state index >= 15 is 0 Å². The maximum Gasteiger partial charge on any atom is 0.408 e. The quantitative estimate of drug-likeness (QED) is 0.223. The van der Waals surface area contributed by atoms with Gasteiger partial charge in [0.25, 0.3) is 5.91 Å². The molecule has 42 heavy (non-hydrogen) atoms. The maximum absolute atomic E-state index is 14.2. The van der Waals surface area contributed by atoms with Crippen molar-refractivity contribution in [2.24, 2.45) is 23.2 Å². The van der Waals surface area contributed by atoms with Gasteiger partial charge in [0.15, 0.2) is 0 Å². The molecule has 0 aromatic carbocycles. The zero-order valence-electron chi connectivity index (χ0n) is 26.0. The summed E-state index contributed by atoms with van der Waals surface area (Å²) >= 11 is 0. The number of likely N-dealkylation sites (tertiary alicyclic amines) is 1. The van der Waals surface area contributed by atoms with Crippen molar-refractivity contribution in [2.75, 3.05) is 13.1 Å². The number of amides is 4. The van der Waals surface area contributed by atoms with Crippen molar-refractivity contribution in [3.63, 3.8) is 0 Å². The average Bonchev–Trinajstić information content (AvgIpc) is 3.23. The molecule has 0 aromatic heterocycles. The molecule has 0 radical (unpaired) electrons. The minimum absolute atomic E-state index is 0.0944. The molecule has 4 amide bonds. The molecule has 4 unspecified atom stereocenters. The van der Waals surface area contributed by atoms with Gasteiger partial charge in [0.2, 0.25) is 17.6 Å². The summed E-state index contributed by atoms with van der Waals surface area (Å²) in [5.41, 5.74) is -0.882. The Morgan fingerprint density at radius 1 is 1.00 bits per heavy atom. The molecule has 1 heterocycles. The average molecular weight is 587 g/mol. The molecule has 3 N–H and O–H groups in total. The van der Waals surface area contributed by atoms with E-state index in [0.717, 1.165) is 25.7 Å². The van der Waals surface area contributed by atoms with Crippen LogP contribution in [-0.4, -0.2) is 71.3 Å². The zero-order chi connectivity index (χ0) is 31.2. The first kappa shape index (κ1) is 33.3. The molecule has 2 saturated carbocycles. The first-order valence-electron chi connectivity index (χ1n) is 15.4. The second-order valence-electron chi connectivity index (χ2n) is 13.6. The van der Waals surface area contributed by atoms with Crippen LogP contribution in [0.25, 0.3) is 0 Å². The molecule has 0 bridgehead atoms. The molecule has 0 aromatic rings. The van der Waals surface area contributed by atoms with Gasteiger partial charge in [0.05, 0.1) is 6.04 Å². The summed E-state index contributed by atoms with van der Waals surface area (Å²) < 4.78 is 5.48. The second kappa shape index (κ2) is 13.9. The lowest BCUT2D eigenvalue weighted by molar-refractivity contribution is -0.144. The van der Waals surface area contributed by atoms with Crippen LogP contribution in [0, 0.1) is 23.2 Å². The smallest absolute Gasteiger partial charge is 0.408 e. The van der Waals surface area contributed by atoms with Crippen molar-refractivity contribution in [1.82, 2.24) is 20.9 Å². The Kier molecular flexibility index (Phi) is 11.0. The minimum Gasteiger partial charge on any atom is -0.444 e. The number of piperidine rings is 1. The molecule has 234 valence electrons. The van der Waals surface area contributed by atoms with Crippen molar-refractivity contribution in [3.8, 4) is 0 Å². The lowest BCUT2D eigenvalue weighted by Gasteiger charge is -2.35. The monoisotopic (exact) mass is 586 g/mol. The van der Waals surface area contributed by atoms with Crippen LogP contribution in [-0.2, 0) is 23.9 Å². The van der Waals surface area contributed by atoms with E-state index in [-0.39, 0.29) is 36.1 Å². The Morgan fingerprint density at radius 3 is 2.26 bits per heavy atom. The normalized spacial score (nSPS) is 24.4. The molecule has 2 aliphatic carbocycles. The number of carbonyl (C=O) groups excluding carboxylic acids is 5. The third-order valence-electron chi connectivity index (χ3n) is 8.97. The van der Waals surface area contributed by atoms with Crippen molar-refractivity contribution >= 4 is 29.6 Å². The van der Waals surface area contributed by atoms with Gasteiger partial charge in [0.1, 0.15) is 17.7 Å². The maximum atomic E-state index is 14.2. The van der Waals surface area contributed by atoms with Crippen molar-refractivity contribution in [3.05, 3.63) is 25.3 Å².